The molecule has 1 aliphatic rings. The number of hydrazone groups is 1. The van der Waals surface area contributed by atoms with E-state index in [1.54, 1.807) is 48.5 Å². The maximum absolute atomic E-state index is 13.0. The Hall–Kier alpha value is -5.39. The first-order valence-electron chi connectivity index (χ1n) is 10.8. The van der Waals surface area contributed by atoms with Gasteiger partial charge in [0.25, 0.3) is 11.8 Å². The van der Waals surface area contributed by atoms with E-state index in [1.165, 1.54) is 13.0 Å². The molecule has 0 radical (unpaired) electrons. The van der Waals surface area contributed by atoms with Crippen LogP contribution in [-0.2, 0) is 4.79 Å². The molecule has 0 aliphatic carbocycles. The maximum atomic E-state index is 13.0. The van der Waals surface area contributed by atoms with Crippen LogP contribution < -0.4 is 20.2 Å². The first-order valence-corrected chi connectivity index (χ1v) is 10.8. The predicted octanol–water partition coefficient (Wildman–Crippen LogP) is 3.05. The first kappa shape index (κ1) is 24.7. The number of phenolic OH excluding ortho intramolecular Hbond substituents is 2. The van der Waals surface area contributed by atoms with E-state index in [9.17, 15) is 29.9 Å². The number of nitro benzene ring substituents is 1. The number of nitrogens with zero attached hydrogens (tertiary/aromatic N) is 2. The maximum Gasteiger partial charge on any atom is 0.311 e. The molecule has 0 aromatic heterocycles. The van der Waals surface area contributed by atoms with Crippen LogP contribution >= 0.6 is 0 Å². The van der Waals surface area contributed by atoms with Gasteiger partial charge in [-0.15, -0.1) is 0 Å². The molecule has 0 spiro atoms. The van der Waals surface area contributed by atoms with E-state index in [4.69, 9.17) is 9.47 Å². The Balaban J connectivity index is 1.62. The van der Waals surface area contributed by atoms with Crippen LogP contribution in [-0.4, -0.2) is 39.5 Å². The molecule has 0 atom stereocenters. The first-order chi connectivity index (χ1) is 17.7. The molecule has 2 amide bonds. The highest BCUT2D eigenvalue weighted by Crippen LogP contribution is 2.34. The van der Waals surface area contributed by atoms with Gasteiger partial charge < -0.3 is 25.0 Å². The number of benzene rings is 3. The molecule has 1 heterocycles. The number of rotatable bonds is 7. The highest BCUT2D eigenvalue weighted by molar-refractivity contribution is 6.07. The van der Waals surface area contributed by atoms with E-state index in [2.05, 4.69) is 15.8 Å². The second kappa shape index (κ2) is 10.5. The van der Waals surface area contributed by atoms with E-state index < -0.39 is 33.9 Å². The molecule has 4 rings (SSSR count). The lowest BCUT2D eigenvalue weighted by Gasteiger charge is -2.10. The summed E-state index contributed by atoms with van der Waals surface area (Å²) in [6.45, 7) is 1.46. The van der Waals surface area contributed by atoms with E-state index in [0.29, 0.717) is 22.6 Å². The van der Waals surface area contributed by atoms with Crippen LogP contribution in [0.25, 0.3) is 6.08 Å². The Bertz CT molecular complexity index is 1450. The molecule has 12 heteroatoms. The van der Waals surface area contributed by atoms with E-state index in [0.717, 1.165) is 12.1 Å². The molecular formula is C25H20N4O8. The Labute approximate surface area is 209 Å². The van der Waals surface area contributed by atoms with E-state index in [-0.39, 0.29) is 23.8 Å². The van der Waals surface area contributed by atoms with Crippen molar-refractivity contribution < 1.29 is 34.2 Å². The summed E-state index contributed by atoms with van der Waals surface area (Å²) in [5.41, 5.74) is 2.22. The fraction of sp³-hybridized carbons (Fsp3) is 0.0800. The molecule has 0 saturated heterocycles. The van der Waals surface area contributed by atoms with Crippen LogP contribution in [0.1, 0.15) is 28.4 Å². The summed E-state index contributed by atoms with van der Waals surface area (Å²) < 4.78 is 10.6. The smallest absolute Gasteiger partial charge is 0.311 e. The zero-order valence-electron chi connectivity index (χ0n) is 19.3. The Morgan fingerprint density at radius 1 is 1.03 bits per heavy atom. The molecule has 3 aromatic carbocycles. The molecule has 188 valence electrons. The number of aromatic hydroxyl groups is 2. The minimum Gasteiger partial charge on any atom is -0.507 e. The Kier molecular flexibility index (Phi) is 7.00. The highest BCUT2D eigenvalue weighted by Gasteiger charge is 2.20. The van der Waals surface area contributed by atoms with Crippen LogP contribution in [0, 0.1) is 10.1 Å². The third-order valence-electron chi connectivity index (χ3n) is 5.24. The summed E-state index contributed by atoms with van der Waals surface area (Å²) in [5.74, 6) is -1.54. The summed E-state index contributed by atoms with van der Waals surface area (Å²) >= 11 is 0. The van der Waals surface area contributed by atoms with E-state index in [1.807, 2.05) is 0 Å². The van der Waals surface area contributed by atoms with Crippen LogP contribution in [0.5, 0.6) is 23.0 Å². The number of carbonyl (C=O) groups is 2. The molecule has 0 fully saturated rings. The molecule has 1 aliphatic heterocycles. The fourth-order valence-electron chi connectivity index (χ4n) is 3.37. The SMILES string of the molecule is C/C(=N/NC(=O)/C(=C/c1ccc2c(c1)OCO2)NC(=O)c1ccccc1)c1cc([N+](=O)[O-])c(O)cc1O. The van der Waals surface area contributed by atoms with Crippen molar-refractivity contribution in [1.29, 1.82) is 0 Å². The normalized spacial score (nSPS) is 12.7. The van der Waals surface area contributed by atoms with Crippen molar-refractivity contribution in [3.05, 3.63) is 93.2 Å². The standard InChI is InChI=1S/C25H20N4O8/c1-14(17-11-19(29(34)35)21(31)12-20(17)30)27-28-25(33)18(26-24(32)16-5-3-2-4-6-16)9-15-7-8-22-23(10-15)37-13-36-22/h2-12,30-31H,13H2,1H3,(H,26,32)(H,28,33)/b18-9-,27-14-. The monoisotopic (exact) mass is 504 g/mol. The zero-order valence-corrected chi connectivity index (χ0v) is 19.3. The molecule has 0 bridgehead atoms. The molecule has 37 heavy (non-hydrogen) atoms. The van der Waals surface area contributed by atoms with Gasteiger partial charge in [0.05, 0.1) is 10.6 Å². The number of nitrogens with one attached hydrogen (secondary N) is 2. The number of ether oxygens (including phenoxy) is 2. The average Bonchev–Trinajstić information content (AvgIpc) is 3.35. The van der Waals surface area contributed by atoms with Gasteiger partial charge in [-0.3, -0.25) is 19.7 Å². The van der Waals surface area contributed by atoms with Crippen LogP contribution in [0.2, 0.25) is 0 Å². The number of fused-ring (bicyclic) bond motifs is 1. The van der Waals surface area contributed by atoms with Gasteiger partial charge in [-0.25, -0.2) is 5.43 Å². The van der Waals surface area contributed by atoms with Gasteiger partial charge >= 0.3 is 5.69 Å². The second-order valence-electron chi connectivity index (χ2n) is 7.74. The molecule has 0 unspecified atom stereocenters. The lowest BCUT2D eigenvalue weighted by atomic mass is 10.1. The minimum absolute atomic E-state index is 0.00534. The van der Waals surface area contributed by atoms with Crippen molar-refractivity contribution in [3.63, 3.8) is 0 Å². The van der Waals surface area contributed by atoms with Crippen molar-refractivity contribution in [2.24, 2.45) is 5.10 Å². The highest BCUT2D eigenvalue weighted by atomic mass is 16.7. The minimum atomic E-state index is -0.824. The molecule has 4 N–H and O–H groups in total. The molecule has 3 aromatic rings. The molecule has 0 saturated carbocycles. The van der Waals surface area contributed by atoms with Crippen molar-refractivity contribution in [2.75, 3.05) is 6.79 Å². The summed E-state index contributed by atoms with van der Waals surface area (Å²) in [6, 6.07) is 14.9. The van der Waals surface area contributed by atoms with Crippen molar-refractivity contribution in [2.45, 2.75) is 6.92 Å². The topological polar surface area (TPSA) is 173 Å². The van der Waals surface area contributed by atoms with Gasteiger partial charge in [-0.1, -0.05) is 24.3 Å². The zero-order chi connectivity index (χ0) is 26.5. The summed E-state index contributed by atoms with van der Waals surface area (Å²) in [4.78, 5) is 36.1. The number of carbonyl (C=O) groups excluding carboxylic acids is 2. The van der Waals surface area contributed by atoms with Gasteiger partial charge in [-0.05, 0) is 42.8 Å². The summed E-state index contributed by atoms with van der Waals surface area (Å²) in [6.07, 6.45) is 1.41. The number of hydrogen-bond donors (Lipinski definition) is 4. The van der Waals surface area contributed by atoms with Crippen LogP contribution in [0.15, 0.2) is 71.5 Å². The summed E-state index contributed by atoms with van der Waals surface area (Å²) in [5, 5.41) is 37.3. The third-order valence-corrected chi connectivity index (χ3v) is 5.24. The van der Waals surface area contributed by atoms with Crippen molar-refractivity contribution >= 4 is 29.3 Å². The number of phenols is 2. The van der Waals surface area contributed by atoms with Gasteiger partial charge in [0.2, 0.25) is 6.79 Å². The Morgan fingerprint density at radius 3 is 2.49 bits per heavy atom. The van der Waals surface area contributed by atoms with Crippen LogP contribution in [0.3, 0.4) is 0 Å². The average molecular weight is 504 g/mol. The van der Waals surface area contributed by atoms with Crippen molar-refractivity contribution in [3.8, 4) is 23.0 Å². The van der Waals surface area contributed by atoms with Crippen molar-refractivity contribution in [1.82, 2.24) is 10.7 Å². The third kappa shape index (κ3) is 5.65. The quantitative estimate of drug-likeness (QED) is 0.164. The van der Waals surface area contributed by atoms with Gasteiger partial charge in [0.15, 0.2) is 17.2 Å². The van der Waals surface area contributed by atoms with E-state index >= 15 is 0 Å². The molecule has 12 nitrogen and oxygen atoms in total. The van der Waals surface area contributed by atoms with Gasteiger partial charge in [-0.2, -0.15) is 5.10 Å². The Morgan fingerprint density at radius 2 is 1.76 bits per heavy atom. The molecular weight excluding hydrogens is 484 g/mol. The second-order valence-corrected chi connectivity index (χ2v) is 7.74. The predicted molar refractivity (Wildman–Crippen MR) is 131 cm³/mol. The number of nitro groups is 1. The number of hydrogen-bond acceptors (Lipinski definition) is 9. The van der Waals surface area contributed by atoms with Gasteiger partial charge in [0, 0.05) is 23.3 Å². The lowest BCUT2D eigenvalue weighted by Crippen LogP contribution is -2.33. The largest absolute Gasteiger partial charge is 0.507 e. The van der Waals surface area contributed by atoms with Gasteiger partial charge in [0.1, 0.15) is 11.4 Å². The lowest BCUT2D eigenvalue weighted by molar-refractivity contribution is -0.385. The fourth-order valence-corrected chi connectivity index (χ4v) is 3.37. The van der Waals surface area contributed by atoms with Crippen LogP contribution in [0.4, 0.5) is 5.69 Å². The number of amides is 2. The summed E-state index contributed by atoms with van der Waals surface area (Å²) in [7, 11) is 0.